The molecule has 4 rings (SSSR count). The Balaban J connectivity index is 1.62. The molecule has 1 saturated carbocycles. The van der Waals surface area contributed by atoms with Crippen molar-refractivity contribution in [2.45, 2.75) is 64.5 Å². The van der Waals surface area contributed by atoms with Gasteiger partial charge in [0.25, 0.3) is 5.92 Å². The van der Waals surface area contributed by atoms with Crippen LogP contribution in [-0.4, -0.2) is 30.1 Å². The first-order chi connectivity index (χ1) is 16.6. The fraction of sp³-hybridized carbons (Fsp3) is 0.429. The second kappa shape index (κ2) is 10.2. The van der Waals surface area contributed by atoms with Crippen molar-refractivity contribution in [1.82, 2.24) is 4.98 Å². The van der Waals surface area contributed by atoms with Crippen molar-refractivity contribution in [3.63, 3.8) is 0 Å². The Bertz CT molecular complexity index is 1210. The van der Waals surface area contributed by atoms with Gasteiger partial charge in [-0.25, -0.2) is 4.98 Å². The van der Waals surface area contributed by atoms with Gasteiger partial charge in [0.05, 0.1) is 18.7 Å². The summed E-state index contributed by atoms with van der Waals surface area (Å²) in [6, 6.07) is 13.9. The molecule has 0 radical (unpaired) electrons. The van der Waals surface area contributed by atoms with Crippen molar-refractivity contribution < 1.29 is 18.6 Å². The minimum atomic E-state index is -3.05. The molecule has 1 heterocycles. The van der Waals surface area contributed by atoms with E-state index in [1.807, 2.05) is 19.1 Å². The van der Waals surface area contributed by atoms with E-state index in [1.54, 1.807) is 37.4 Å². The summed E-state index contributed by atoms with van der Waals surface area (Å²) in [5, 5.41) is 17.2. The molecule has 35 heavy (non-hydrogen) atoms. The first kappa shape index (κ1) is 24.9. The van der Waals surface area contributed by atoms with E-state index in [-0.39, 0.29) is 29.6 Å². The van der Waals surface area contributed by atoms with E-state index in [4.69, 9.17) is 4.74 Å². The molecule has 0 spiro atoms. The second-order valence-electron chi connectivity index (χ2n) is 9.68. The zero-order valence-electron chi connectivity index (χ0n) is 20.6. The van der Waals surface area contributed by atoms with Gasteiger partial charge in [0.1, 0.15) is 11.4 Å². The minimum absolute atomic E-state index is 0.00167. The normalized spacial score (nSPS) is 21.5. The number of hydrogen-bond acceptors (Lipinski definition) is 5. The molecule has 0 amide bonds. The lowest BCUT2D eigenvalue weighted by Crippen LogP contribution is -2.29. The fourth-order valence-electron chi connectivity index (χ4n) is 4.69. The number of aryl methyl sites for hydroxylation is 1. The number of nitrogens with zero attached hydrogens (tertiary/aromatic N) is 2. The maximum atomic E-state index is 14.2. The van der Waals surface area contributed by atoms with Crippen LogP contribution in [0.4, 0.5) is 14.5 Å². The Morgan fingerprint density at radius 3 is 2.57 bits per heavy atom. The summed E-state index contributed by atoms with van der Waals surface area (Å²) in [7, 11) is 1.58. The Morgan fingerprint density at radius 2 is 1.89 bits per heavy atom. The highest BCUT2D eigenvalue weighted by Gasteiger charge is 2.29. The molecule has 2 unspecified atom stereocenters. The molecule has 1 fully saturated rings. The van der Waals surface area contributed by atoms with E-state index in [2.05, 4.69) is 22.2 Å². The number of rotatable bonds is 6. The van der Waals surface area contributed by atoms with Gasteiger partial charge >= 0.3 is 0 Å². The van der Waals surface area contributed by atoms with Crippen LogP contribution in [0.3, 0.4) is 0 Å². The number of ether oxygens (including phenoxy) is 1. The molecule has 1 aliphatic carbocycles. The average molecular weight is 481 g/mol. The van der Waals surface area contributed by atoms with Gasteiger partial charge in [-0.1, -0.05) is 37.1 Å². The second-order valence-corrected chi connectivity index (χ2v) is 9.68. The van der Waals surface area contributed by atoms with Crippen LogP contribution in [0.1, 0.15) is 56.4 Å². The van der Waals surface area contributed by atoms with Crippen molar-refractivity contribution in [2.24, 2.45) is 10.9 Å². The Hall–Kier alpha value is -3.22. The number of alkyl halides is 2. The maximum absolute atomic E-state index is 14.2. The van der Waals surface area contributed by atoms with E-state index < -0.39 is 5.92 Å². The van der Waals surface area contributed by atoms with E-state index in [0.717, 1.165) is 37.1 Å². The van der Waals surface area contributed by atoms with Crippen LogP contribution in [0.5, 0.6) is 5.75 Å². The third kappa shape index (κ3) is 5.89. The van der Waals surface area contributed by atoms with Crippen molar-refractivity contribution in [2.75, 3.05) is 12.4 Å². The molecule has 7 heteroatoms. The van der Waals surface area contributed by atoms with Gasteiger partial charge in [-0.15, -0.1) is 0 Å². The molecule has 5 nitrogen and oxygen atoms in total. The summed E-state index contributed by atoms with van der Waals surface area (Å²) in [5.41, 5.74) is 2.49. The summed E-state index contributed by atoms with van der Waals surface area (Å²) in [6.07, 6.45) is 3.45. The predicted octanol–water partition coefficient (Wildman–Crippen LogP) is 5.83. The lowest BCUT2D eigenvalue weighted by atomic mass is 9.96. The molecule has 2 aromatic carbocycles. The van der Waals surface area contributed by atoms with Gasteiger partial charge in [-0.2, -0.15) is 8.78 Å². The molecule has 0 bridgehead atoms. The number of pyridine rings is 1. The van der Waals surface area contributed by atoms with Crippen molar-refractivity contribution in [3.05, 3.63) is 65.4 Å². The van der Waals surface area contributed by atoms with Crippen LogP contribution < -0.4 is 15.2 Å². The zero-order chi connectivity index (χ0) is 25.2. The standard InChI is InChI=1S/C28H33F2N3O2/c1-17-8-13-23-22(14-17)25(16-26(32-23)28(3,29)30)31-20-7-5-6-18(2)24(15-20)33-27(34)19-9-11-21(35-4)12-10-19/h8-14,16,18,20,24H,5-7,15H2,1-4H3,(H,31,32)(H,33,34)/p-1/t18?,20-,24?/m0/s1. The van der Waals surface area contributed by atoms with Gasteiger partial charge in [0.15, 0.2) is 0 Å². The smallest absolute Gasteiger partial charge is 0.287 e. The Labute approximate surface area is 205 Å². The highest BCUT2D eigenvalue weighted by atomic mass is 19.3. The van der Waals surface area contributed by atoms with Crippen LogP contribution in [0, 0.1) is 12.8 Å². The van der Waals surface area contributed by atoms with Crippen LogP contribution in [-0.2, 0) is 5.92 Å². The number of fused-ring (bicyclic) bond motifs is 1. The molecule has 1 N–H and O–H groups in total. The third-order valence-corrected chi connectivity index (χ3v) is 6.79. The van der Waals surface area contributed by atoms with Gasteiger partial charge in [0.2, 0.25) is 0 Å². The first-order valence-corrected chi connectivity index (χ1v) is 12.1. The van der Waals surface area contributed by atoms with Crippen molar-refractivity contribution in [1.29, 1.82) is 0 Å². The first-order valence-electron chi connectivity index (χ1n) is 12.1. The van der Waals surface area contributed by atoms with Gasteiger partial charge < -0.3 is 15.2 Å². The maximum Gasteiger partial charge on any atom is 0.287 e. The van der Waals surface area contributed by atoms with Gasteiger partial charge in [-0.3, -0.25) is 4.99 Å². The number of aliphatic imine (C=N–C) groups is 1. The number of nitrogens with one attached hydrogen (secondary N) is 1. The van der Waals surface area contributed by atoms with Crippen LogP contribution in [0.2, 0.25) is 0 Å². The van der Waals surface area contributed by atoms with E-state index in [1.165, 1.54) is 6.07 Å². The minimum Gasteiger partial charge on any atom is -0.858 e. The quantitative estimate of drug-likeness (QED) is 0.274. The molecule has 0 aliphatic heterocycles. The molecular weight excluding hydrogens is 448 g/mol. The van der Waals surface area contributed by atoms with Gasteiger partial charge in [0, 0.05) is 24.0 Å². The molecule has 0 saturated heterocycles. The average Bonchev–Trinajstić information content (AvgIpc) is 2.99. The summed E-state index contributed by atoms with van der Waals surface area (Å²) in [4.78, 5) is 8.79. The lowest BCUT2D eigenvalue weighted by molar-refractivity contribution is -0.213. The zero-order valence-corrected chi connectivity index (χ0v) is 20.6. The van der Waals surface area contributed by atoms with Crippen LogP contribution >= 0.6 is 0 Å². The molecular formula is C28H32F2N3O2-. The number of hydrogen-bond donors (Lipinski definition) is 1. The topological polar surface area (TPSA) is 69.6 Å². The van der Waals surface area contributed by atoms with E-state index >= 15 is 0 Å². The molecule has 3 atom stereocenters. The van der Waals surface area contributed by atoms with Gasteiger partial charge in [-0.05, 0) is 73.9 Å². The fourth-order valence-corrected chi connectivity index (χ4v) is 4.69. The monoisotopic (exact) mass is 480 g/mol. The number of halogens is 2. The van der Waals surface area contributed by atoms with E-state index in [9.17, 15) is 13.9 Å². The van der Waals surface area contributed by atoms with Crippen molar-refractivity contribution in [3.8, 4) is 5.75 Å². The lowest BCUT2D eigenvalue weighted by Gasteiger charge is -2.26. The molecule has 3 aromatic rings. The highest BCUT2D eigenvalue weighted by Crippen LogP contribution is 2.34. The number of aromatic nitrogens is 1. The summed E-state index contributed by atoms with van der Waals surface area (Å²) in [5.74, 6) is -2.36. The van der Waals surface area contributed by atoms with Crippen LogP contribution in [0.15, 0.2) is 53.5 Å². The number of anilines is 1. The Morgan fingerprint density at radius 1 is 1.14 bits per heavy atom. The van der Waals surface area contributed by atoms with Crippen LogP contribution in [0.25, 0.3) is 10.9 Å². The molecule has 186 valence electrons. The third-order valence-electron chi connectivity index (χ3n) is 6.79. The molecule has 1 aliphatic rings. The van der Waals surface area contributed by atoms with E-state index in [0.29, 0.717) is 28.9 Å². The summed E-state index contributed by atoms with van der Waals surface area (Å²) < 4.78 is 33.6. The predicted molar refractivity (Wildman–Crippen MR) is 134 cm³/mol. The molecule has 1 aromatic heterocycles. The number of methoxy groups -OCH3 is 1. The van der Waals surface area contributed by atoms with Crippen molar-refractivity contribution >= 4 is 22.5 Å². The SMILES string of the molecule is COc1ccc(C([O-])=NC2C[C@@H](Nc3cc(C(C)(F)F)nc4ccc(C)cc34)CCCC2C)cc1. The Kier molecular flexibility index (Phi) is 7.24. The largest absolute Gasteiger partial charge is 0.858 e. The summed E-state index contributed by atoms with van der Waals surface area (Å²) in [6.45, 7) is 4.96. The summed E-state index contributed by atoms with van der Waals surface area (Å²) >= 11 is 0. The highest BCUT2D eigenvalue weighted by molar-refractivity contribution is 5.92. The number of benzene rings is 2.